The van der Waals surface area contributed by atoms with Gasteiger partial charge < -0.3 is 5.73 Å². The number of fused-ring (bicyclic) bond motifs is 1. The summed E-state index contributed by atoms with van der Waals surface area (Å²) in [5.41, 5.74) is 5.59. The Morgan fingerprint density at radius 1 is 1.08 bits per heavy atom. The Morgan fingerprint density at radius 2 is 1.75 bits per heavy atom. The van der Waals surface area contributed by atoms with Crippen LogP contribution in [0.2, 0.25) is 5.15 Å². The minimum Gasteiger partial charge on any atom is -0.382 e. The topological polar surface area (TPSA) is 51.8 Å². The minimum absolute atomic E-state index is 0.389. The lowest BCUT2D eigenvalue weighted by Crippen LogP contribution is -1.94. The molecule has 0 unspecified atom stereocenters. The Labute approximate surface area is 74.2 Å². The quantitative estimate of drug-likeness (QED) is 0.672. The van der Waals surface area contributed by atoms with E-state index in [1.807, 2.05) is 24.3 Å². The van der Waals surface area contributed by atoms with Crippen LogP contribution in [0, 0.1) is 0 Å². The molecule has 1 aromatic carbocycles. The molecule has 0 fully saturated rings. The first-order valence-corrected chi connectivity index (χ1v) is 3.83. The Kier molecular flexibility index (Phi) is 1.59. The van der Waals surface area contributed by atoms with Crippen LogP contribution in [0.5, 0.6) is 0 Å². The lowest BCUT2D eigenvalue weighted by atomic mass is 10.2. The maximum atomic E-state index is 5.80. The van der Waals surface area contributed by atoms with E-state index in [2.05, 4.69) is 10.2 Å². The molecule has 3 nitrogen and oxygen atoms in total. The summed E-state index contributed by atoms with van der Waals surface area (Å²) < 4.78 is 0. The third-order valence-electron chi connectivity index (χ3n) is 1.67. The average Bonchev–Trinajstić information content (AvgIpc) is 2.12. The van der Waals surface area contributed by atoms with E-state index in [0.717, 1.165) is 10.8 Å². The van der Waals surface area contributed by atoms with Crippen molar-refractivity contribution in [1.29, 1.82) is 0 Å². The zero-order chi connectivity index (χ0) is 8.55. The van der Waals surface area contributed by atoms with Crippen LogP contribution in [0.25, 0.3) is 10.8 Å². The molecule has 0 saturated heterocycles. The molecule has 1 heterocycles. The SMILES string of the molecule is Nc1nnc(Cl)c2ccccc12. The van der Waals surface area contributed by atoms with E-state index in [4.69, 9.17) is 17.3 Å². The highest BCUT2D eigenvalue weighted by Gasteiger charge is 2.02. The molecule has 0 radical (unpaired) electrons. The van der Waals surface area contributed by atoms with Gasteiger partial charge in [0.2, 0.25) is 0 Å². The first kappa shape index (κ1) is 7.31. The van der Waals surface area contributed by atoms with E-state index < -0.39 is 0 Å². The molecule has 0 aliphatic heterocycles. The highest BCUT2D eigenvalue weighted by atomic mass is 35.5. The smallest absolute Gasteiger partial charge is 0.159 e. The molecule has 0 aliphatic carbocycles. The van der Waals surface area contributed by atoms with Crippen molar-refractivity contribution in [3.8, 4) is 0 Å². The second kappa shape index (κ2) is 2.60. The lowest BCUT2D eigenvalue weighted by Gasteiger charge is -1.99. The van der Waals surface area contributed by atoms with Gasteiger partial charge in [-0.3, -0.25) is 0 Å². The number of halogens is 1. The molecule has 0 amide bonds. The van der Waals surface area contributed by atoms with Gasteiger partial charge in [-0.1, -0.05) is 35.9 Å². The van der Waals surface area contributed by atoms with E-state index in [1.165, 1.54) is 0 Å². The van der Waals surface area contributed by atoms with Crippen LogP contribution >= 0.6 is 11.6 Å². The van der Waals surface area contributed by atoms with Gasteiger partial charge in [-0.25, -0.2) is 0 Å². The van der Waals surface area contributed by atoms with Gasteiger partial charge >= 0.3 is 0 Å². The molecule has 12 heavy (non-hydrogen) atoms. The zero-order valence-electron chi connectivity index (χ0n) is 6.16. The first-order chi connectivity index (χ1) is 5.79. The highest BCUT2D eigenvalue weighted by molar-refractivity contribution is 6.34. The van der Waals surface area contributed by atoms with Gasteiger partial charge in [-0.15, -0.1) is 10.2 Å². The van der Waals surface area contributed by atoms with Crippen molar-refractivity contribution in [2.45, 2.75) is 0 Å². The molecular weight excluding hydrogens is 174 g/mol. The summed E-state index contributed by atoms with van der Waals surface area (Å²) in [6.45, 7) is 0. The van der Waals surface area contributed by atoms with E-state index in [0.29, 0.717) is 11.0 Å². The molecule has 0 spiro atoms. The predicted octanol–water partition coefficient (Wildman–Crippen LogP) is 1.87. The van der Waals surface area contributed by atoms with Crippen LogP contribution in [-0.2, 0) is 0 Å². The molecule has 0 saturated carbocycles. The predicted molar refractivity (Wildman–Crippen MR) is 49.0 cm³/mol. The fourth-order valence-electron chi connectivity index (χ4n) is 1.09. The summed E-state index contributed by atoms with van der Waals surface area (Å²) >= 11 is 5.80. The third kappa shape index (κ3) is 0.987. The van der Waals surface area contributed by atoms with Crippen LogP contribution in [-0.4, -0.2) is 10.2 Å². The van der Waals surface area contributed by atoms with Crippen molar-refractivity contribution < 1.29 is 0 Å². The summed E-state index contributed by atoms with van der Waals surface area (Å²) in [7, 11) is 0. The number of nitrogens with zero attached hydrogens (tertiary/aromatic N) is 2. The number of rotatable bonds is 0. The Balaban J connectivity index is 2.95. The maximum absolute atomic E-state index is 5.80. The van der Waals surface area contributed by atoms with E-state index in [1.54, 1.807) is 0 Å². The summed E-state index contributed by atoms with van der Waals surface area (Å²) in [6, 6.07) is 7.50. The minimum atomic E-state index is 0.389. The van der Waals surface area contributed by atoms with Gasteiger partial charge in [0.15, 0.2) is 11.0 Å². The summed E-state index contributed by atoms with van der Waals surface area (Å²) in [6.07, 6.45) is 0. The Bertz CT molecular complexity index is 387. The van der Waals surface area contributed by atoms with Crippen LogP contribution in [0.1, 0.15) is 0 Å². The molecule has 60 valence electrons. The maximum Gasteiger partial charge on any atom is 0.159 e. The molecule has 2 N–H and O–H groups in total. The molecule has 1 aromatic heterocycles. The van der Waals surface area contributed by atoms with Gasteiger partial charge in [0.1, 0.15) is 0 Å². The first-order valence-electron chi connectivity index (χ1n) is 3.45. The largest absolute Gasteiger partial charge is 0.382 e. The highest BCUT2D eigenvalue weighted by Crippen LogP contribution is 2.23. The van der Waals surface area contributed by atoms with Gasteiger partial charge in [0.05, 0.1) is 0 Å². The number of nitrogens with two attached hydrogens (primary N) is 1. The number of hydrogen-bond donors (Lipinski definition) is 1. The van der Waals surface area contributed by atoms with Gasteiger partial charge in [-0.05, 0) is 0 Å². The number of aromatic nitrogens is 2. The Morgan fingerprint density at radius 3 is 2.42 bits per heavy atom. The van der Waals surface area contributed by atoms with Crippen LogP contribution in [0.15, 0.2) is 24.3 Å². The molecular formula is C8H6ClN3. The van der Waals surface area contributed by atoms with Crippen LogP contribution in [0.3, 0.4) is 0 Å². The van der Waals surface area contributed by atoms with Crippen LogP contribution in [0.4, 0.5) is 5.82 Å². The second-order valence-electron chi connectivity index (χ2n) is 2.42. The van der Waals surface area contributed by atoms with Crippen molar-refractivity contribution >= 4 is 28.2 Å². The summed E-state index contributed by atoms with van der Waals surface area (Å²) in [4.78, 5) is 0. The van der Waals surface area contributed by atoms with Crippen molar-refractivity contribution in [2.24, 2.45) is 0 Å². The monoisotopic (exact) mass is 179 g/mol. The normalized spacial score (nSPS) is 10.4. The fraction of sp³-hybridized carbons (Fsp3) is 0. The van der Waals surface area contributed by atoms with Crippen molar-refractivity contribution in [1.82, 2.24) is 10.2 Å². The van der Waals surface area contributed by atoms with Gasteiger partial charge in [0, 0.05) is 10.8 Å². The molecule has 0 aliphatic rings. The van der Waals surface area contributed by atoms with Crippen LogP contribution < -0.4 is 5.73 Å². The zero-order valence-corrected chi connectivity index (χ0v) is 6.92. The van der Waals surface area contributed by atoms with E-state index in [9.17, 15) is 0 Å². The summed E-state index contributed by atoms with van der Waals surface area (Å²) in [5, 5.41) is 9.47. The number of anilines is 1. The standard InChI is InChI=1S/C8H6ClN3/c9-7-5-3-1-2-4-6(5)8(10)12-11-7/h1-4H,(H2,10,12). The molecule has 4 heteroatoms. The van der Waals surface area contributed by atoms with Gasteiger partial charge in [-0.2, -0.15) is 0 Å². The second-order valence-corrected chi connectivity index (χ2v) is 2.78. The average molecular weight is 180 g/mol. The van der Waals surface area contributed by atoms with Crippen molar-refractivity contribution in [3.05, 3.63) is 29.4 Å². The van der Waals surface area contributed by atoms with Crippen molar-refractivity contribution in [3.63, 3.8) is 0 Å². The molecule has 2 aromatic rings. The third-order valence-corrected chi connectivity index (χ3v) is 1.95. The number of benzene rings is 1. The number of hydrogen-bond acceptors (Lipinski definition) is 3. The van der Waals surface area contributed by atoms with Gasteiger partial charge in [0.25, 0.3) is 0 Å². The van der Waals surface area contributed by atoms with E-state index in [-0.39, 0.29) is 0 Å². The molecule has 2 rings (SSSR count). The van der Waals surface area contributed by atoms with E-state index >= 15 is 0 Å². The number of nitrogen functional groups attached to an aromatic ring is 1. The Hall–Kier alpha value is -1.35. The lowest BCUT2D eigenvalue weighted by molar-refractivity contribution is 1.06. The molecule has 0 bridgehead atoms. The summed E-state index contributed by atoms with van der Waals surface area (Å²) in [5.74, 6) is 0.412. The fourth-order valence-corrected chi connectivity index (χ4v) is 1.29. The molecule has 0 atom stereocenters. The van der Waals surface area contributed by atoms with Crippen molar-refractivity contribution in [2.75, 3.05) is 5.73 Å².